The highest BCUT2D eigenvalue weighted by molar-refractivity contribution is 6.42. The van der Waals surface area contributed by atoms with Gasteiger partial charge in [-0.15, -0.1) is 0 Å². The first-order valence-corrected chi connectivity index (χ1v) is 6.79. The third-order valence-corrected chi connectivity index (χ3v) is 3.94. The molecule has 3 rings (SSSR count). The van der Waals surface area contributed by atoms with Crippen molar-refractivity contribution in [3.8, 4) is 11.4 Å². The summed E-state index contributed by atoms with van der Waals surface area (Å²) in [5.74, 6) is 0.707. The second kappa shape index (κ2) is 4.71. The van der Waals surface area contributed by atoms with Crippen LogP contribution in [0.5, 0.6) is 0 Å². The van der Waals surface area contributed by atoms with E-state index in [4.69, 9.17) is 34.8 Å². The SMILES string of the molecule is Cc1ccc(-c2nc3cc(Cl)c(Cl)cc3[nH]2)c(Cl)c1. The van der Waals surface area contributed by atoms with Crippen LogP contribution in [0.25, 0.3) is 22.4 Å². The summed E-state index contributed by atoms with van der Waals surface area (Å²) < 4.78 is 0. The van der Waals surface area contributed by atoms with Crippen molar-refractivity contribution in [1.29, 1.82) is 0 Å². The second-order valence-corrected chi connectivity index (χ2v) is 5.57. The van der Waals surface area contributed by atoms with Crippen molar-refractivity contribution < 1.29 is 0 Å². The molecule has 96 valence electrons. The second-order valence-electron chi connectivity index (χ2n) is 4.35. The van der Waals surface area contributed by atoms with E-state index in [1.807, 2.05) is 25.1 Å². The van der Waals surface area contributed by atoms with Crippen LogP contribution in [-0.2, 0) is 0 Å². The first kappa shape index (κ1) is 12.8. The zero-order valence-electron chi connectivity index (χ0n) is 9.97. The Hall–Kier alpha value is -1.22. The van der Waals surface area contributed by atoms with E-state index in [1.165, 1.54) is 0 Å². The molecule has 19 heavy (non-hydrogen) atoms. The summed E-state index contributed by atoms with van der Waals surface area (Å²) in [6, 6.07) is 9.34. The van der Waals surface area contributed by atoms with Crippen molar-refractivity contribution in [3.05, 3.63) is 51.0 Å². The van der Waals surface area contributed by atoms with Gasteiger partial charge in [0.05, 0.1) is 26.1 Å². The van der Waals surface area contributed by atoms with E-state index in [2.05, 4.69) is 9.97 Å². The van der Waals surface area contributed by atoms with Gasteiger partial charge >= 0.3 is 0 Å². The lowest BCUT2D eigenvalue weighted by Gasteiger charge is -2.01. The summed E-state index contributed by atoms with van der Waals surface area (Å²) in [5.41, 5.74) is 3.56. The van der Waals surface area contributed by atoms with Crippen LogP contribution in [0.1, 0.15) is 5.56 Å². The van der Waals surface area contributed by atoms with Gasteiger partial charge in [-0.1, -0.05) is 40.9 Å². The molecule has 3 aromatic rings. The van der Waals surface area contributed by atoms with Crippen molar-refractivity contribution in [3.63, 3.8) is 0 Å². The average molecular weight is 312 g/mol. The molecular weight excluding hydrogens is 303 g/mol. The van der Waals surface area contributed by atoms with Crippen molar-refractivity contribution in [2.24, 2.45) is 0 Å². The van der Waals surface area contributed by atoms with Crippen LogP contribution in [0.15, 0.2) is 30.3 Å². The molecule has 1 aromatic heterocycles. The Morgan fingerprint density at radius 3 is 2.42 bits per heavy atom. The predicted octanol–water partition coefficient (Wildman–Crippen LogP) is 5.50. The van der Waals surface area contributed by atoms with Crippen molar-refractivity contribution in [2.75, 3.05) is 0 Å². The third kappa shape index (κ3) is 2.32. The van der Waals surface area contributed by atoms with Crippen LogP contribution in [-0.4, -0.2) is 9.97 Å². The highest BCUT2D eigenvalue weighted by atomic mass is 35.5. The molecule has 0 atom stereocenters. The minimum Gasteiger partial charge on any atom is -0.338 e. The number of aromatic amines is 1. The van der Waals surface area contributed by atoms with Gasteiger partial charge in [-0.25, -0.2) is 4.98 Å². The molecule has 5 heteroatoms. The summed E-state index contributed by atoms with van der Waals surface area (Å²) in [6.45, 7) is 1.99. The van der Waals surface area contributed by atoms with Crippen LogP contribution in [0.2, 0.25) is 15.1 Å². The van der Waals surface area contributed by atoms with Crippen molar-refractivity contribution >= 4 is 45.8 Å². The third-order valence-electron chi connectivity index (χ3n) is 2.90. The standard InChI is InChI=1S/C14H9Cl3N2/c1-7-2-3-8(9(15)4-7)14-18-12-5-10(16)11(17)6-13(12)19-14/h2-6H,1H3,(H,18,19). The molecule has 0 amide bonds. The molecule has 0 fully saturated rings. The summed E-state index contributed by atoms with van der Waals surface area (Å²) in [6.07, 6.45) is 0. The molecule has 0 aliphatic heterocycles. The molecule has 0 unspecified atom stereocenters. The van der Waals surface area contributed by atoms with Gasteiger partial charge in [0.1, 0.15) is 5.82 Å². The zero-order valence-corrected chi connectivity index (χ0v) is 12.2. The fourth-order valence-corrected chi connectivity index (χ4v) is 2.59. The van der Waals surface area contributed by atoms with Gasteiger partial charge in [-0.3, -0.25) is 0 Å². The number of imidazole rings is 1. The minimum absolute atomic E-state index is 0.488. The normalized spacial score (nSPS) is 11.2. The Morgan fingerprint density at radius 2 is 1.68 bits per heavy atom. The maximum atomic E-state index is 6.24. The Balaban J connectivity index is 2.20. The number of benzene rings is 2. The lowest BCUT2D eigenvalue weighted by atomic mass is 10.1. The van der Waals surface area contributed by atoms with Crippen molar-refractivity contribution in [2.45, 2.75) is 6.92 Å². The van der Waals surface area contributed by atoms with E-state index in [-0.39, 0.29) is 0 Å². The fraction of sp³-hybridized carbons (Fsp3) is 0.0714. The van der Waals surface area contributed by atoms with Crippen LogP contribution in [0.3, 0.4) is 0 Å². The number of hydrogen-bond donors (Lipinski definition) is 1. The zero-order chi connectivity index (χ0) is 13.6. The van der Waals surface area contributed by atoms with E-state index in [9.17, 15) is 0 Å². The smallest absolute Gasteiger partial charge is 0.139 e. The molecule has 0 saturated carbocycles. The van der Waals surface area contributed by atoms with Crippen LogP contribution in [0, 0.1) is 6.92 Å². The Morgan fingerprint density at radius 1 is 0.947 bits per heavy atom. The fourth-order valence-electron chi connectivity index (χ4n) is 1.94. The monoisotopic (exact) mass is 310 g/mol. The number of fused-ring (bicyclic) bond motifs is 1. The molecule has 1 heterocycles. The van der Waals surface area contributed by atoms with Gasteiger partial charge in [0.15, 0.2) is 0 Å². The quantitative estimate of drug-likeness (QED) is 0.631. The average Bonchev–Trinajstić information content (AvgIpc) is 2.72. The molecule has 2 nitrogen and oxygen atoms in total. The van der Waals surface area contributed by atoms with Crippen LogP contribution < -0.4 is 0 Å². The van der Waals surface area contributed by atoms with Gasteiger partial charge in [0, 0.05) is 5.56 Å². The van der Waals surface area contributed by atoms with Gasteiger partial charge < -0.3 is 4.98 Å². The molecule has 0 bridgehead atoms. The largest absolute Gasteiger partial charge is 0.338 e. The molecule has 0 spiro atoms. The molecule has 0 radical (unpaired) electrons. The van der Waals surface area contributed by atoms with Crippen LogP contribution in [0.4, 0.5) is 0 Å². The number of hydrogen-bond acceptors (Lipinski definition) is 1. The number of halogens is 3. The molecular formula is C14H9Cl3N2. The number of rotatable bonds is 1. The first-order chi connectivity index (χ1) is 9.04. The lowest BCUT2D eigenvalue weighted by molar-refractivity contribution is 1.33. The molecule has 0 aliphatic rings. The highest BCUT2D eigenvalue weighted by Gasteiger charge is 2.10. The van der Waals surface area contributed by atoms with Gasteiger partial charge in [0.2, 0.25) is 0 Å². The number of aromatic nitrogens is 2. The summed E-state index contributed by atoms with van der Waals surface area (Å²) in [4.78, 5) is 7.69. The van der Waals surface area contributed by atoms with Crippen molar-refractivity contribution in [1.82, 2.24) is 9.97 Å². The lowest BCUT2D eigenvalue weighted by Crippen LogP contribution is -1.83. The molecule has 0 saturated heterocycles. The minimum atomic E-state index is 0.488. The maximum absolute atomic E-state index is 6.24. The molecule has 2 aromatic carbocycles. The highest BCUT2D eigenvalue weighted by Crippen LogP contribution is 2.31. The summed E-state index contributed by atoms with van der Waals surface area (Å²) in [7, 11) is 0. The number of aryl methyl sites for hydroxylation is 1. The van der Waals surface area contributed by atoms with Gasteiger partial charge in [0.25, 0.3) is 0 Å². The summed E-state index contributed by atoms with van der Waals surface area (Å²) >= 11 is 18.2. The van der Waals surface area contributed by atoms with Crippen LogP contribution >= 0.6 is 34.8 Å². The molecule has 0 aliphatic carbocycles. The Bertz CT molecular complexity index is 739. The van der Waals surface area contributed by atoms with E-state index < -0.39 is 0 Å². The van der Waals surface area contributed by atoms with E-state index in [1.54, 1.807) is 12.1 Å². The predicted molar refractivity (Wildman–Crippen MR) is 81.3 cm³/mol. The summed E-state index contributed by atoms with van der Waals surface area (Å²) in [5, 5.41) is 1.65. The van der Waals surface area contributed by atoms with Gasteiger partial charge in [-0.05, 0) is 36.8 Å². The van der Waals surface area contributed by atoms with Gasteiger partial charge in [-0.2, -0.15) is 0 Å². The molecule has 1 N–H and O–H groups in total. The Labute approximate surface area is 125 Å². The number of H-pyrrole nitrogens is 1. The Kier molecular flexibility index (Phi) is 3.17. The van der Waals surface area contributed by atoms with E-state index in [0.29, 0.717) is 20.9 Å². The van der Waals surface area contributed by atoms with E-state index >= 15 is 0 Å². The topological polar surface area (TPSA) is 28.7 Å². The number of nitrogens with zero attached hydrogens (tertiary/aromatic N) is 1. The first-order valence-electron chi connectivity index (χ1n) is 5.66. The van der Waals surface area contributed by atoms with E-state index in [0.717, 1.165) is 22.2 Å². The maximum Gasteiger partial charge on any atom is 0.139 e. The number of nitrogens with one attached hydrogen (secondary N) is 1.